The van der Waals surface area contributed by atoms with Crippen molar-refractivity contribution in [3.8, 4) is 0 Å². The van der Waals surface area contributed by atoms with Gasteiger partial charge in [-0.3, -0.25) is 14.4 Å². The van der Waals surface area contributed by atoms with E-state index in [1.807, 2.05) is 74.5 Å². The predicted octanol–water partition coefficient (Wildman–Crippen LogP) is 7.47. The summed E-state index contributed by atoms with van der Waals surface area (Å²) < 4.78 is 28.6. The third-order valence-corrected chi connectivity index (χ3v) is 12.4. The molecule has 0 saturated carbocycles. The molecule has 280 valence electrons. The van der Waals surface area contributed by atoms with Crippen LogP contribution in [-0.4, -0.2) is 90.0 Å². The summed E-state index contributed by atoms with van der Waals surface area (Å²) in [7, 11) is 0. The highest BCUT2D eigenvalue weighted by atomic mass is 35.7. The second kappa shape index (κ2) is 17.0. The summed E-state index contributed by atoms with van der Waals surface area (Å²) in [6.45, 7) is 8.99. The zero-order valence-corrected chi connectivity index (χ0v) is 32.2. The van der Waals surface area contributed by atoms with Crippen molar-refractivity contribution in [3.05, 3.63) is 150 Å². The van der Waals surface area contributed by atoms with E-state index >= 15 is 0 Å². The highest BCUT2D eigenvalue weighted by Crippen LogP contribution is 2.56. The van der Waals surface area contributed by atoms with E-state index in [4.69, 9.17) is 20.5 Å². The van der Waals surface area contributed by atoms with Gasteiger partial charge in [0.1, 0.15) is 0 Å². The number of anilines is 1. The second-order valence-corrected chi connectivity index (χ2v) is 16.7. The minimum Gasteiger partial charge on any atom is -0.370 e. The van der Waals surface area contributed by atoms with Crippen LogP contribution in [0, 0.1) is 0 Å². The normalized spacial score (nSPS) is 23.4. The van der Waals surface area contributed by atoms with E-state index in [2.05, 4.69) is 70.2 Å². The number of hydrogen-bond acceptors (Lipinski definition) is 7. The van der Waals surface area contributed by atoms with Crippen molar-refractivity contribution in [2.24, 2.45) is 0 Å². The molecule has 2 saturated heterocycles. The van der Waals surface area contributed by atoms with Gasteiger partial charge >= 0.3 is 12.9 Å². The molecule has 2 amide bonds. The van der Waals surface area contributed by atoms with Crippen molar-refractivity contribution in [2.75, 3.05) is 50.8 Å². The number of morpholine rings is 1. The zero-order chi connectivity index (χ0) is 37.6. The lowest BCUT2D eigenvalue weighted by molar-refractivity contribution is -0.153. The number of urea groups is 1. The number of ether oxygens (including phenoxy) is 1. The van der Waals surface area contributed by atoms with Gasteiger partial charge in [0, 0.05) is 51.2 Å². The number of amides is 2. The molecule has 3 aliphatic heterocycles. The molecule has 53 heavy (non-hydrogen) atoms. The maximum Gasteiger partial charge on any atom is 0.363 e. The molecule has 3 aliphatic rings. The highest BCUT2D eigenvalue weighted by molar-refractivity contribution is 7.83. The number of benzene rings is 3. The molecule has 4 atom stereocenters. The van der Waals surface area contributed by atoms with Gasteiger partial charge in [-0.05, 0) is 66.4 Å². The van der Waals surface area contributed by atoms with Crippen LogP contribution < -0.4 is 10.2 Å². The minimum atomic E-state index is -3.75. The van der Waals surface area contributed by atoms with Crippen LogP contribution in [0.5, 0.6) is 0 Å². The minimum absolute atomic E-state index is 0.0870. The van der Waals surface area contributed by atoms with Crippen molar-refractivity contribution in [1.82, 2.24) is 19.8 Å². The van der Waals surface area contributed by atoms with E-state index in [1.165, 1.54) is 4.90 Å². The van der Waals surface area contributed by atoms with Gasteiger partial charge in [-0.2, -0.15) is 0 Å². The summed E-state index contributed by atoms with van der Waals surface area (Å²) in [6, 6.07) is 30.1. The molecule has 0 spiro atoms. The van der Waals surface area contributed by atoms with E-state index < -0.39 is 37.0 Å². The first kappa shape index (κ1) is 38.7. The lowest BCUT2D eigenvalue weighted by Gasteiger charge is -2.52. The quantitative estimate of drug-likeness (QED) is 0.145. The van der Waals surface area contributed by atoms with Gasteiger partial charge in [0.2, 0.25) is 0 Å². The highest BCUT2D eigenvalue weighted by Gasteiger charge is 2.49. The molecular weight excluding hydrogens is 709 g/mol. The van der Waals surface area contributed by atoms with E-state index in [0.717, 1.165) is 28.0 Å². The van der Waals surface area contributed by atoms with Gasteiger partial charge in [-0.15, -0.1) is 0 Å². The van der Waals surface area contributed by atoms with E-state index in [9.17, 15) is 14.5 Å². The number of nitrogens with one attached hydrogen (secondary N) is 1. The van der Waals surface area contributed by atoms with Crippen molar-refractivity contribution in [2.45, 2.75) is 44.9 Å². The smallest absolute Gasteiger partial charge is 0.363 e. The van der Waals surface area contributed by atoms with Crippen molar-refractivity contribution in [3.63, 3.8) is 0 Å². The van der Waals surface area contributed by atoms with Gasteiger partial charge in [0.25, 0.3) is 0 Å². The van der Waals surface area contributed by atoms with Crippen LogP contribution in [0.4, 0.5) is 10.5 Å². The van der Waals surface area contributed by atoms with Crippen LogP contribution in [0.25, 0.3) is 0 Å². The summed E-state index contributed by atoms with van der Waals surface area (Å²) in [5, 5.41) is 13.0. The summed E-state index contributed by atoms with van der Waals surface area (Å²) >= 11 is 6.77. The van der Waals surface area contributed by atoms with Gasteiger partial charge in [-0.1, -0.05) is 109 Å². The molecule has 2 N–H and O–H groups in total. The third kappa shape index (κ3) is 8.55. The Balaban J connectivity index is 1.38. The Morgan fingerprint density at radius 2 is 1.58 bits per heavy atom. The van der Waals surface area contributed by atoms with Gasteiger partial charge < -0.3 is 24.6 Å². The predicted molar refractivity (Wildman–Crippen MR) is 211 cm³/mol. The number of para-hydroxylation sites is 1. The van der Waals surface area contributed by atoms with Crippen molar-refractivity contribution < 1.29 is 23.7 Å². The van der Waals surface area contributed by atoms with Crippen LogP contribution in [0.15, 0.2) is 139 Å². The topological polar surface area (TPSA) is 97.8 Å². The number of carbonyl (C=O) groups is 1. The first-order valence-electron chi connectivity index (χ1n) is 18.0. The first-order chi connectivity index (χ1) is 25.5. The SMILES string of the molecule is C=C(C)/C=C(\C=C/C)C(c1ccccc1)(c1ccccc1)N1CC(COP(=O)(Cl)N2CCN(c3ccccc3)CC2)OC(N2C=C(C)C(O)NC2=O)C1. The lowest BCUT2D eigenvalue weighted by Crippen LogP contribution is -2.63. The molecule has 0 aromatic heterocycles. The number of rotatable bonds is 12. The van der Waals surface area contributed by atoms with Gasteiger partial charge in [0.15, 0.2) is 12.5 Å². The van der Waals surface area contributed by atoms with E-state index in [1.54, 1.807) is 17.8 Å². The van der Waals surface area contributed by atoms with Crippen molar-refractivity contribution >= 4 is 29.8 Å². The van der Waals surface area contributed by atoms with Crippen molar-refractivity contribution in [1.29, 1.82) is 0 Å². The fraction of sp³-hybridized carbons (Fsp3) is 0.341. The largest absolute Gasteiger partial charge is 0.370 e. The van der Waals surface area contributed by atoms with E-state index in [0.29, 0.717) is 38.3 Å². The molecule has 3 heterocycles. The fourth-order valence-corrected chi connectivity index (χ4v) is 9.21. The van der Waals surface area contributed by atoms with Crippen LogP contribution in [0.3, 0.4) is 0 Å². The molecule has 2 fully saturated rings. The molecule has 3 aromatic carbocycles. The Morgan fingerprint density at radius 1 is 1.00 bits per heavy atom. The number of piperazine rings is 1. The van der Waals surface area contributed by atoms with Crippen LogP contribution in [0.1, 0.15) is 31.9 Å². The maximum atomic E-state index is 14.0. The summed E-state index contributed by atoms with van der Waals surface area (Å²) in [6.07, 6.45) is 5.25. The van der Waals surface area contributed by atoms with Gasteiger partial charge in [-0.25, -0.2) is 9.46 Å². The average Bonchev–Trinajstić information content (AvgIpc) is 3.17. The summed E-state index contributed by atoms with van der Waals surface area (Å²) in [5.41, 5.74) is 4.62. The Bertz CT molecular complexity index is 1830. The van der Waals surface area contributed by atoms with Crippen LogP contribution >= 0.6 is 18.1 Å². The van der Waals surface area contributed by atoms with Gasteiger partial charge in [0.05, 0.1) is 18.2 Å². The number of allylic oxidation sites excluding steroid dienone is 3. The molecule has 0 radical (unpaired) electrons. The first-order valence-corrected chi connectivity index (χ1v) is 20.5. The number of halogens is 1. The van der Waals surface area contributed by atoms with Crippen LogP contribution in [0.2, 0.25) is 0 Å². The monoisotopic (exact) mass is 757 g/mol. The van der Waals surface area contributed by atoms with Crippen LogP contribution in [-0.2, 0) is 19.4 Å². The number of aliphatic hydroxyl groups excluding tert-OH is 1. The average molecular weight is 758 g/mol. The second-order valence-electron chi connectivity index (χ2n) is 13.7. The lowest BCUT2D eigenvalue weighted by atomic mass is 9.73. The Kier molecular flexibility index (Phi) is 12.4. The van der Waals surface area contributed by atoms with E-state index in [-0.39, 0.29) is 13.2 Å². The maximum absolute atomic E-state index is 14.0. The molecule has 4 unspecified atom stereocenters. The Labute approximate surface area is 317 Å². The molecule has 3 aromatic rings. The molecule has 0 aliphatic carbocycles. The standard InChI is InChI=1S/C41H49ClN5O5P/c1-5-15-35(26-31(2)3)41(33-16-9-6-10-17-33,34-18-11-7-12-19-34)45-28-37(52-38(29-45)47-27-32(4)39(48)43-40(47)49)30-51-53(42,50)46-24-22-44(23-25-46)36-20-13-8-14-21-36/h5-21,26-27,37-39,48H,2,22-25,28-30H2,1,3-4H3,(H,43,49)/b15-5-,35-26+. The number of nitrogens with zero attached hydrogens (tertiary/aromatic N) is 4. The number of aliphatic hydroxyl groups is 1. The molecule has 6 rings (SSSR count). The Hall–Kier alpha value is -3.99. The summed E-state index contributed by atoms with van der Waals surface area (Å²) in [5.74, 6) is 0. The third-order valence-electron chi connectivity index (χ3n) is 9.89. The zero-order valence-electron chi connectivity index (χ0n) is 30.6. The molecular formula is C41H49ClN5O5P. The number of hydrogen-bond donors (Lipinski definition) is 2. The number of carbonyl (C=O) groups excluding carboxylic acids is 1. The fourth-order valence-electron chi connectivity index (χ4n) is 7.42. The molecule has 10 nitrogen and oxygen atoms in total. The molecule has 12 heteroatoms. The summed E-state index contributed by atoms with van der Waals surface area (Å²) in [4.78, 5) is 19.5. The molecule has 0 bridgehead atoms. The Morgan fingerprint density at radius 3 is 2.15 bits per heavy atom.